The first-order valence-corrected chi connectivity index (χ1v) is 4.11. The monoisotopic (exact) mass is 165 g/mol. The molecule has 0 atom stereocenters. The molecule has 0 aromatic rings. The molecule has 0 aliphatic carbocycles. The average Bonchev–Trinajstić information content (AvgIpc) is 1.83. The number of allylic oxidation sites excluding steroid dienone is 1. The Bertz CT molecular complexity index is 256. The van der Waals surface area contributed by atoms with Crippen LogP contribution in [0, 0.1) is 5.41 Å². The first-order valence-electron chi connectivity index (χ1n) is 4.11. The van der Waals surface area contributed by atoms with Crippen molar-refractivity contribution in [3.05, 3.63) is 23.9 Å². The molecule has 0 aromatic heterocycles. The predicted molar refractivity (Wildman–Crippen MR) is 49.4 cm³/mol. The van der Waals surface area contributed by atoms with Gasteiger partial charge in [0.05, 0.1) is 0 Å². The van der Waals surface area contributed by atoms with Crippen LogP contribution in [0.25, 0.3) is 0 Å². The van der Waals surface area contributed by atoms with Crippen molar-refractivity contribution in [1.29, 1.82) is 0 Å². The number of amides is 1. The molecular formula is C10H15NO. The molecule has 2 heteroatoms. The van der Waals surface area contributed by atoms with Gasteiger partial charge >= 0.3 is 0 Å². The van der Waals surface area contributed by atoms with E-state index in [-0.39, 0.29) is 11.3 Å². The van der Waals surface area contributed by atoms with Gasteiger partial charge in [0.1, 0.15) is 0 Å². The van der Waals surface area contributed by atoms with Crippen LogP contribution in [0.4, 0.5) is 0 Å². The predicted octanol–water partition coefficient (Wildman–Crippen LogP) is 1.99. The van der Waals surface area contributed by atoms with E-state index in [1.165, 1.54) is 0 Å². The number of hydrogen-bond acceptors (Lipinski definition) is 1. The first kappa shape index (κ1) is 9.04. The zero-order chi connectivity index (χ0) is 9.35. The molecule has 1 aliphatic rings. The minimum Gasteiger partial charge on any atom is -0.326 e. The highest BCUT2D eigenvalue weighted by atomic mass is 16.1. The highest BCUT2D eigenvalue weighted by Gasteiger charge is 2.25. The SMILES string of the molecule is C=C1CC=C(C(C)(C)C)C(=O)N1. The van der Waals surface area contributed by atoms with E-state index in [0.29, 0.717) is 0 Å². The summed E-state index contributed by atoms with van der Waals surface area (Å²) in [6, 6.07) is 0. The quantitative estimate of drug-likeness (QED) is 0.584. The highest BCUT2D eigenvalue weighted by molar-refractivity contribution is 5.96. The van der Waals surface area contributed by atoms with Crippen LogP contribution in [0.3, 0.4) is 0 Å². The van der Waals surface area contributed by atoms with Crippen LogP contribution in [0.15, 0.2) is 23.9 Å². The Morgan fingerprint density at radius 2 is 2.08 bits per heavy atom. The summed E-state index contributed by atoms with van der Waals surface area (Å²) in [6.07, 6.45) is 2.72. The van der Waals surface area contributed by atoms with Crippen molar-refractivity contribution in [3.63, 3.8) is 0 Å². The molecule has 0 spiro atoms. The Labute approximate surface area is 73.4 Å². The molecule has 1 N–H and O–H groups in total. The lowest BCUT2D eigenvalue weighted by Crippen LogP contribution is -2.32. The molecule has 1 aliphatic heterocycles. The van der Waals surface area contributed by atoms with Gasteiger partial charge in [0.15, 0.2) is 0 Å². The molecule has 0 unspecified atom stereocenters. The second kappa shape index (κ2) is 2.77. The van der Waals surface area contributed by atoms with Gasteiger partial charge < -0.3 is 5.32 Å². The molecule has 0 saturated carbocycles. The van der Waals surface area contributed by atoms with E-state index in [9.17, 15) is 4.79 Å². The number of hydrogen-bond donors (Lipinski definition) is 1. The molecule has 1 heterocycles. The van der Waals surface area contributed by atoms with Gasteiger partial charge in [0, 0.05) is 17.7 Å². The molecule has 66 valence electrons. The van der Waals surface area contributed by atoms with Crippen LogP contribution in [-0.4, -0.2) is 5.91 Å². The molecule has 0 fully saturated rings. The molecule has 1 amide bonds. The summed E-state index contributed by atoms with van der Waals surface area (Å²) < 4.78 is 0. The van der Waals surface area contributed by atoms with Gasteiger partial charge in [-0.15, -0.1) is 0 Å². The summed E-state index contributed by atoms with van der Waals surface area (Å²) in [5.41, 5.74) is 1.58. The van der Waals surface area contributed by atoms with E-state index in [1.54, 1.807) is 0 Å². The number of carbonyl (C=O) groups is 1. The Morgan fingerprint density at radius 3 is 2.50 bits per heavy atom. The fraction of sp³-hybridized carbons (Fsp3) is 0.500. The van der Waals surface area contributed by atoms with Crippen molar-refractivity contribution in [2.24, 2.45) is 5.41 Å². The maximum atomic E-state index is 11.4. The molecule has 2 nitrogen and oxygen atoms in total. The van der Waals surface area contributed by atoms with Gasteiger partial charge in [0.25, 0.3) is 5.91 Å². The van der Waals surface area contributed by atoms with E-state index in [1.807, 2.05) is 26.8 Å². The fourth-order valence-electron chi connectivity index (χ4n) is 1.24. The third kappa shape index (κ3) is 1.76. The largest absolute Gasteiger partial charge is 0.326 e. The minimum absolute atomic E-state index is 0.00116. The second-order valence-electron chi connectivity index (χ2n) is 4.13. The van der Waals surface area contributed by atoms with Crippen LogP contribution >= 0.6 is 0 Å². The summed E-state index contributed by atoms with van der Waals surface area (Å²) in [4.78, 5) is 11.4. The standard InChI is InChI=1S/C10H15NO/c1-7-5-6-8(9(12)11-7)10(2,3)4/h6H,1,5H2,2-4H3,(H,11,12). The maximum Gasteiger partial charge on any atom is 0.251 e. The van der Waals surface area contributed by atoms with Crippen LogP contribution in [0.5, 0.6) is 0 Å². The van der Waals surface area contributed by atoms with Crippen molar-refractivity contribution in [3.8, 4) is 0 Å². The molecule has 0 radical (unpaired) electrons. The van der Waals surface area contributed by atoms with Crippen LogP contribution in [0.2, 0.25) is 0 Å². The summed E-state index contributed by atoms with van der Waals surface area (Å²) in [5, 5.41) is 2.73. The molecule has 1 rings (SSSR count). The summed E-state index contributed by atoms with van der Waals surface area (Å²) >= 11 is 0. The van der Waals surface area contributed by atoms with Crippen LogP contribution in [-0.2, 0) is 4.79 Å². The third-order valence-electron chi connectivity index (χ3n) is 1.90. The lowest BCUT2D eigenvalue weighted by molar-refractivity contribution is -0.118. The van der Waals surface area contributed by atoms with Gasteiger partial charge in [-0.05, 0) is 5.41 Å². The zero-order valence-corrected chi connectivity index (χ0v) is 7.90. The van der Waals surface area contributed by atoms with E-state index >= 15 is 0 Å². The lowest BCUT2D eigenvalue weighted by Gasteiger charge is -2.25. The third-order valence-corrected chi connectivity index (χ3v) is 1.90. The topological polar surface area (TPSA) is 29.1 Å². The lowest BCUT2D eigenvalue weighted by atomic mass is 9.84. The van der Waals surface area contributed by atoms with Crippen molar-refractivity contribution in [1.82, 2.24) is 5.32 Å². The second-order valence-corrected chi connectivity index (χ2v) is 4.13. The summed E-state index contributed by atoms with van der Waals surface area (Å²) in [6.45, 7) is 9.81. The van der Waals surface area contributed by atoms with Gasteiger partial charge in [0.2, 0.25) is 0 Å². The smallest absolute Gasteiger partial charge is 0.251 e. The average molecular weight is 165 g/mol. The zero-order valence-electron chi connectivity index (χ0n) is 7.90. The minimum atomic E-state index is -0.0647. The van der Waals surface area contributed by atoms with Gasteiger partial charge in [-0.3, -0.25) is 4.79 Å². The molecule has 0 bridgehead atoms. The Morgan fingerprint density at radius 1 is 1.50 bits per heavy atom. The van der Waals surface area contributed by atoms with Gasteiger partial charge in [-0.25, -0.2) is 0 Å². The van der Waals surface area contributed by atoms with Gasteiger partial charge in [-0.1, -0.05) is 33.4 Å². The first-order chi connectivity index (χ1) is 5.41. The Hall–Kier alpha value is -1.05. The summed E-state index contributed by atoms with van der Waals surface area (Å²) in [5.74, 6) is -0.00116. The van der Waals surface area contributed by atoms with E-state index < -0.39 is 0 Å². The number of nitrogens with one attached hydrogen (secondary N) is 1. The van der Waals surface area contributed by atoms with Crippen molar-refractivity contribution >= 4 is 5.91 Å². The van der Waals surface area contributed by atoms with E-state index in [0.717, 1.165) is 17.7 Å². The summed E-state index contributed by atoms with van der Waals surface area (Å²) in [7, 11) is 0. The Balaban J connectivity index is 2.92. The van der Waals surface area contributed by atoms with E-state index in [2.05, 4.69) is 11.9 Å². The molecule has 0 saturated heterocycles. The highest BCUT2D eigenvalue weighted by Crippen LogP contribution is 2.28. The van der Waals surface area contributed by atoms with Crippen molar-refractivity contribution < 1.29 is 4.79 Å². The van der Waals surface area contributed by atoms with Crippen LogP contribution in [0.1, 0.15) is 27.2 Å². The molecule has 12 heavy (non-hydrogen) atoms. The van der Waals surface area contributed by atoms with Crippen molar-refractivity contribution in [2.45, 2.75) is 27.2 Å². The Kier molecular flexibility index (Phi) is 2.09. The fourth-order valence-corrected chi connectivity index (χ4v) is 1.24. The maximum absolute atomic E-state index is 11.4. The number of rotatable bonds is 0. The number of carbonyl (C=O) groups excluding carboxylic acids is 1. The normalized spacial score (nSPS) is 18.8. The molecule has 0 aromatic carbocycles. The molecular weight excluding hydrogens is 150 g/mol. The van der Waals surface area contributed by atoms with Crippen molar-refractivity contribution in [2.75, 3.05) is 0 Å². The van der Waals surface area contributed by atoms with E-state index in [4.69, 9.17) is 0 Å². The van der Waals surface area contributed by atoms with Crippen LogP contribution < -0.4 is 5.32 Å². The van der Waals surface area contributed by atoms with Gasteiger partial charge in [-0.2, -0.15) is 0 Å².